The van der Waals surface area contributed by atoms with Crippen LogP contribution in [0.4, 0.5) is 0 Å². The summed E-state index contributed by atoms with van der Waals surface area (Å²) in [6, 6.07) is 21.4. The van der Waals surface area contributed by atoms with E-state index in [9.17, 15) is 9.59 Å². The van der Waals surface area contributed by atoms with Crippen LogP contribution < -0.4 is 10.9 Å². The molecule has 3 aromatic carbocycles. The highest BCUT2D eigenvalue weighted by Crippen LogP contribution is 2.25. The van der Waals surface area contributed by atoms with Crippen LogP contribution in [0.5, 0.6) is 0 Å². The maximum absolute atomic E-state index is 13.5. The van der Waals surface area contributed by atoms with Gasteiger partial charge in [0.1, 0.15) is 0 Å². The topological polar surface area (TPSA) is 79.8 Å². The minimum absolute atomic E-state index is 0.0923. The van der Waals surface area contributed by atoms with Crippen molar-refractivity contribution in [3.8, 4) is 5.69 Å². The predicted molar refractivity (Wildman–Crippen MR) is 143 cm³/mol. The van der Waals surface area contributed by atoms with E-state index in [1.165, 1.54) is 22.7 Å². The number of thioether (sulfide) groups is 1. The van der Waals surface area contributed by atoms with E-state index in [1.54, 1.807) is 10.6 Å². The third-order valence-corrected chi connectivity index (χ3v) is 7.07. The van der Waals surface area contributed by atoms with Crippen molar-refractivity contribution in [3.63, 3.8) is 0 Å². The summed E-state index contributed by atoms with van der Waals surface area (Å²) in [6.45, 7) is 4.50. The number of aromatic amines is 1. The lowest BCUT2D eigenvalue weighted by atomic mass is 10.1. The fourth-order valence-corrected chi connectivity index (χ4v) is 5.25. The second-order valence-corrected chi connectivity index (χ2v) is 9.48. The Morgan fingerprint density at radius 3 is 2.49 bits per heavy atom. The average Bonchev–Trinajstić information content (AvgIpc) is 3.27. The zero-order valence-corrected chi connectivity index (χ0v) is 20.5. The number of fused-ring (bicyclic) bond motifs is 2. The summed E-state index contributed by atoms with van der Waals surface area (Å²) in [7, 11) is 0. The summed E-state index contributed by atoms with van der Waals surface area (Å²) in [4.78, 5) is 34.2. The highest BCUT2D eigenvalue weighted by molar-refractivity contribution is 7.99. The van der Waals surface area contributed by atoms with Crippen LogP contribution in [0.3, 0.4) is 0 Å². The first-order valence-corrected chi connectivity index (χ1v) is 12.5. The Kier molecular flexibility index (Phi) is 6.42. The molecule has 1 amide bonds. The summed E-state index contributed by atoms with van der Waals surface area (Å²) >= 11 is 1.28. The number of nitrogens with one attached hydrogen (secondary N) is 2. The fraction of sp³-hybridized carbons (Fsp3) is 0.179. The van der Waals surface area contributed by atoms with Gasteiger partial charge in [0.25, 0.3) is 5.56 Å². The van der Waals surface area contributed by atoms with Crippen LogP contribution in [0.1, 0.15) is 16.7 Å². The van der Waals surface area contributed by atoms with Crippen LogP contribution in [0.2, 0.25) is 0 Å². The van der Waals surface area contributed by atoms with Crippen molar-refractivity contribution in [2.45, 2.75) is 25.4 Å². The molecular weight excluding hydrogens is 456 g/mol. The third-order valence-electron chi connectivity index (χ3n) is 6.13. The van der Waals surface area contributed by atoms with E-state index in [2.05, 4.69) is 16.4 Å². The molecule has 6 nitrogen and oxygen atoms in total. The Labute approximate surface area is 207 Å². The van der Waals surface area contributed by atoms with Crippen molar-refractivity contribution in [3.05, 3.63) is 100.0 Å². The number of benzene rings is 3. The van der Waals surface area contributed by atoms with Crippen molar-refractivity contribution in [1.29, 1.82) is 0 Å². The number of nitrogens with zero attached hydrogens (tertiary/aromatic N) is 2. The number of carbonyl (C=O) groups is 1. The van der Waals surface area contributed by atoms with Crippen molar-refractivity contribution in [2.75, 3.05) is 12.3 Å². The SMILES string of the molecule is Cc1cccc(C)c1-n1c(SCC(=O)NCCc2c[nH]c3ccccc23)nc2ccccc2c1=O. The molecule has 0 saturated heterocycles. The van der Waals surface area contributed by atoms with Gasteiger partial charge in [-0.2, -0.15) is 0 Å². The Bertz CT molecular complexity index is 1580. The number of hydrogen-bond donors (Lipinski definition) is 2. The largest absolute Gasteiger partial charge is 0.361 e. The predicted octanol–water partition coefficient (Wildman–Crippen LogP) is 4.93. The van der Waals surface area contributed by atoms with Crippen LogP contribution in [0.25, 0.3) is 27.5 Å². The highest BCUT2D eigenvalue weighted by atomic mass is 32.2. The van der Waals surface area contributed by atoms with Crippen LogP contribution in [0, 0.1) is 13.8 Å². The summed E-state index contributed by atoms with van der Waals surface area (Å²) in [6.07, 6.45) is 2.73. The molecule has 176 valence electrons. The molecule has 2 aromatic heterocycles. The molecule has 0 bridgehead atoms. The lowest BCUT2D eigenvalue weighted by molar-refractivity contribution is -0.118. The molecule has 5 rings (SSSR count). The number of amides is 1. The molecule has 0 spiro atoms. The molecular formula is C28H26N4O2S. The van der Waals surface area contributed by atoms with Crippen LogP contribution in [0.15, 0.2) is 82.9 Å². The van der Waals surface area contributed by atoms with Crippen molar-refractivity contribution in [2.24, 2.45) is 0 Å². The molecule has 0 radical (unpaired) electrons. The van der Waals surface area contributed by atoms with Crippen LogP contribution in [-0.4, -0.2) is 32.7 Å². The second-order valence-electron chi connectivity index (χ2n) is 8.54. The standard InChI is InChI=1S/C28H26N4O2S/c1-18-8-7-9-19(2)26(18)32-27(34)22-11-4-6-13-24(22)31-28(32)35-17-25(33)29-15-14-20-16-30-23-12-5-3-10-21(20)23/h3-13,16,30H,14-15,17H2,1-2H3,(H,29,33). The van der Waals surface area contributed by atoms with Gasteiger partial charge in [0.2, 0.25) is 5.91 Å². The van der Waals surface area contributed by atoms with Crippen molar-refractivity contribution in [1.82, 2.24) is 19.9 Å². The monoisotopic (exact) mass is 482 g/mol. The van der Waals surface area contributed by atoms with Gasteiger partial charge in [0.05, 0.1) is 22.3 Å². The smallest absolute Gasteiger partial charge is 0.266 e. The highest BCUT2D eigenvalue weighted by Gasteiger charge is 2.17. The van der Waals surface area contributed by atoms with Gasteiger partial charge in [-0.15, -0.1) is 0 Å². The Hall–Kier alpha value is -3.84. The molecule has 0 fully saturated rings. The second kappa shape index (κ2) is 9.80. The van der Waals surface area contributed by atoms with E-state index in [-0.39, 0.29) is 17.2 Å². The Morgan fingerprint density at radius 1 is 0.971 bits per heavy atom. The minimum atomic E-state index is -0.129. The lowest BCUT2D eigenvalue weighted by Gasteiger charge is -2.17. The van der Waals surface area contributed by atoms with Crippen LogP contribution in [-0.2, 0) is 11.2 Å². The molecule has 2 heterocycles. The number of rotatable bonds is 7. The lowest BCUT2D eigenvalue weighted by Crippen LogP contribution is -2.28. The number of hydrogen-bond acceptors (Lipinski definition) is 4. The van der Waals surface area contributed by atoms with E-state index in [0.29, 0.717) is 22.6 Å². The van der Waals surface area contributed by atoms with E-state index in [0.717, 1.165) is 28.8 Å². The summed E-state index contributed by atoms with van der Waals surface area (Å²) in [5.41, 5.74) is 5.55. The maximum Gasteiger partial charge on any atom is 0.266 e. The number of aryl methyl sites for hydroxylation is 2. The number of para-hydroxylation sites is 3. The van der Waals surface area contributed by atoms with Gasteiger partial charge < -0.3 is 10.3 Å². The van der Waals surface area contributed by atoms with E-state index < -0.39 is 0 Å². The molecule has 35 heavy (non-hydrogen) atoms. The summed E-state index contributed by atoms with van der Waals surface area (Å²) in [5.74, 6) is 0.0779. The molecule has 7 heteroatoms. The third kappa shape index (κ3) is 4.59. The number of H-pyrrole nitrogens is 1. The Morgan fingerprint density at radius 2 is 1.69 bits per heavy atom. The molecule has 5 aromatic rings. The zero-order chi connectivity index (χ0) is 24.4. The average molecular weight is 483 g/mol. The van der Waals surface area contributed by atoms with Gasteiger partial charge in [-0.05, 0) is 55.2 Å². The molecule has 0 unspecified atom stereocenters. The summed E-state index contributed by atoms with van der Waals surface area (Å²) in [5, 5.41) is 5.25. The van der Waals surface area contributed by atoms with Gasteiger partial charge in [0, 0.05) is 23.6 Å². The summed E-state index contributed by atoms with van der Waals surface area (Å²) < 4.78 is 1.65. The first kappa shape index (κ1) is 22.9. The quantitative estimate of drug-likeness (QED) is 0.255. The minimum Gasteiger partial charge on any atom is -0.361 e. The fourth-order valence-electron chi connectivity index (χ4n) is 4.42. The number of carbonyl (C=O) groups excluding carboxylic acids is 1. The van der Waals surface area contributed by atoms with E-state index in [1.807, 2.05) is 74.6 Å². The molecule has 0 aliphatic carbocycles. The molecule has 0 aliphatic rings. The first-order valence-electron chi connectivity index (χ1n) is 11.6. The molecule has 0 saturated carbocycles. The van der Waals surface area contributed by atoms with E-state index in [4.69, 9.17) is 4.98 Å². The van der Waals surface area contributed by atoms with Gasteiger partial charge in [-0.25, -0.2) is 4.98 Å². The number of aromatic nitrogens is 3. The maximum atomic E-state index is 13.5. The van der Waals surface area contributed by atoms with Crippen LogP contribution >= 0.6 is 11.8 Å². The Balaban J connectivity index is 1.36. The molecule has 0 aliphatic heterocycles. The van der Waals surface area contributed by atoms with E-state index >= 15 is 0 Å². The van der Waals surface area contributed by atoms with Gasteiger partial charge in [-0.1, -0.05) is 60.3 Å². The zero-order valence-electron chi connectivity index (χ0n) is 19.7. The first-order chi connectivity index (χ1) is 17.0. The molecule has 2 N–H and O–H groups in total. The van der Waals surface area contributed by atoms with Crippen molar-refractivity contribution < 1.29 is 4.79 Å². The van der Waals surface area contributed by atoms with Gasteiger partial charge in [0.15, 0.2) is 5.16 Å². The van der Waals surface area contributed by atoms with Crippen molar-refractivity contribution >= 4 is 39.5 Å². The normalized spacial score (nSPS) is 11.3. The van der Waals surface area contributed by atoms with Gasteiger partial charge in [-0.3, -0.25) is 14.2 Å². The molecule has 0 atom stereocenters. The van der Waals surface area contributed by atoms with Gasteiger partial charge >= 0.3 is 0 Å².